The number of amidine groups is 1. The van der Waals surface area contributed by atoms with Crippen molar-refractivity contribution < 1.29 is 4.39 Å². The Kier molecular flexibility index (Phi) is 3.43. The quantitative estimate of drug-likeness (QED) is 0.610. The third-order valence-electron chi connectivity index (χ3n) is 3.40. The van der Waals surface area contributed by atoms with Crippen LogP contribution in [0.1, 0.15) is 19.8 Å². The van der Waals surface area contributed by atoms with E-state index in [1.807, 2.05) is 0 Å². The van der Waals surface area contributed by atoms with Gasteiger partial charge in [0.05, 0.1) is 5.69 Å². The maximum Gasteiger partial charge on any atom is 0.123 e. The summed E-state index contributed by atoms with van der Waals surface area (Å²) < 4.78 is 12.8. The van der Waals surface area contributed by atoms with E-state index in [1.165, 1.54) is 12.1 Å². The Morgan fingerprint density at radius 3 is 2.47 bits per heavy atom. The van der Waals surface area contributed by atoms with Crippen LogP contribution in [0.5, 0.6) is 0 Å². The lowest BCUT2D eigenvalue weighted by Gasteiger charge is -2.33. The lowest BCUT2D eigenvalue weighted by Crippen LogP contribution is -2.43. The van der Waals surface area contributed by atoms with Crippen LogP contribution < -0.4 is 11.1 Å². The third kappa shape index (κ3) is 2.82. The fraction of sp³-hybridized carbons (Fsp3) is 0.462. The minimum atomic E-state index is -0.254. The maximum atomic E-state index is 12.8. The van der Waals surface area contributed by atoms with E-state index in [0.717, 1.165) is 25.9 Å². The molecule has 0 saturated carbocycles. The molecule has 3 nitrogen and oxygen atoms in total. The van der Waals surface area contributed by atoms with Crippen molar-refractivity contribution in [2.75, 3.05) is 13.1 Å². The van der Waals surface area contributed by atoms with Crippen molar-refractivity contribution in [1.82, 2.24) is 5.32 Å². The molecule has 1 aliphatic rings. The monoisotopic (exact) mass is 235 g/mol. The van der Waals surface area contributed by atoms with Gasteiger partial charge in [-0.25, -0.2) is 9.38 Å². The first-order valence-electron chi connectivity index (χ1n) is 5.91. The summed E-state index contributed by atoms with van der Waals surface area (Å²) >= 11 is 0. The van der Waals surface area contributed by atoms with Crippen LogP contribution in [0.3, 0.4) is 0 Å². The van der Waals surface area contributed by atoms with Crippen LogP contribution in [0.15, 0.2) is 29.3 Å². The van der Waals surface area contributed by atoms with E-state index in [1.54, 1.807) is 12.1 Å². The van der Waals surface area contributed by atoms with E-state index in [9.17, 15) is 4.39 Å². The number of rotatable bonds is 2. The van der Waals surface area contributed by atoms with Gasteiger partial charge in [-0.1, -0.05) is 6.92 Å². The highest BCUT2D eigenvalue weighted by Crippen LogP contribution is 2.29. The maximum absolute atomic E-state index is 12.8. The number of nitrogens with two attached hydrogens (primary N) is 1. The van der Waals surface area contributed by atoms with E-state index in [-0.39, 0.29) is 11.2 Å². The number of piperidine rings is 1. The molecular weight excluding hydrogens is 217 g/mol. The molecule has 0 amide bonds. The molecule has 1 fully saturated rings. The lowest BCUT2D eigenvalue weighted by atomic mass is 9.80. The van der Waals surface area contributed by atoms with Gasteiger partial charge in [0.25, 0.3) is 0 Å². The number of nitrogens with zero attached hydrogens (tertiary/aromatic N) is 1. The van der Waals surface area contributed by atoms with Crippen LogP contribution in [-0.4, -0.2) is 18.9 Å². The van der Waals surface area contributed by atoms with Crippen molar-refractivity contribution in [3.8, 4) is 0 Å². The predicted octanol–water partition coefficient (Wildman–Crippen LogP) is 2.20. The highest BCUT2D eigenvalue weighted by molar-refractivity contribution is 5.88. The molecule has 4 heteroatoms. The molecule has 3 N–H and O–H groups in total. The molecule has 0 aliphatic carbocycles. The van der Waals surface area contributed by atoms with E-state index in [0.29, 0.717) is 11.5 Å². The smallest absolute Gasteiger partial charge is 0.123 e. The molecule has 0 atom stereocenters. The van der Waals surface area contributed by atoms with Crippen molar-refractivity contribution >= 4 is 11.5 Å². The molecule has 92 valence electrons. The topological polar surface area (TPSA) is 50.4 Å². The number of hydrogen-bond acceptors (Lipinski definition) is 2. The van der Waals surface area contributed by atoms with E-state index < -0.39 is 0 Å². The van der Waals surface area contributed by atoms with E-state index in [4.69, 9.17) is 5.73 Å². The van der Waals surface area contributed by atoms with Crippen molar-refractivity contribution in [3.05, 3.63) is 30.1 Å². The van der Waals surface area contributed by atoms with Gasteiger partial charge in [-0.3, -0.25) is 0 Å². The van der Waals surface area contributed by atoms with Crippen LogP contribution >= 0.6 is 0 Å². The largest absolute Gasteiger partial charge is 0.387 e. The zero-order valence-corrected chi connectivity index (χ0v) is 10.0. The summed E-state index contributed by atoms with van der Waals surface area (Å²) in [5.74, 6) is 0.390. The Morgan fingerprint density at radius 2 is 1.88 bits per heavy atom. The van der Waals surface area contributed by atoms with Gasteiger partial charge in [0.15, 0.2) is 0 Å². The number of benzene rings is 1. The summed E-state index contributed by atoms with van der Waals surface area (Å²) in [4.78, 5) is 4.40. The highest BCUT2D eigenvalue weighted by atomic mass is 19.1. The molecule has 0 bridgehead atoms. The number of hydrogen-bond donors (Lipinski definition) is 2. The molecule has 0 unspecified atom stereocenters. The van der Waals surface area contributed by atoms with Gasteiger partial charge in [-0.15, -0.1) is 0 Å². The summed E-state index contributed by atoms with van der Waals surface area (Å²) in [5, 5.41) is 3.31. The van der Waals surface area contributed by atoms with Crippen molar-refractivity contribution in [3.63, 3.8) is 0 Å². The molecule has 1 heterocycles. The fourth-order valence-electron chi connectivity index (χ4n) is 2.02. The lowest BCUT2D eigenvalue weighted by molar-refractivity contribution is 0.326. The van der Waals surface area contributed by atoms with E-state index >= 15 is 0 Å². The van der Waals surface area contributed by atoms with Crippen LogP contribution in [0.2, 0.25) is 0 Å². The van der Waals surface area contributed by atoms with Gasteiger partial charge in [0, 0.05) is 5.41 Å². The van der Waals surface area contributed by atoms with Crippen molar-refractivity contribution in [2.24, 2.45) is 16.1 Å². The van der Waals surface area contributed by atoms with Crippen LogP contribution in [0.25, 0.3) is 0 Å². The van der Waals surface area contributed by atoms with Gasteiger partial charge in [0.1, 0.15) is 11.7 Å². The van der Waals surface area contributed by atoms with Gasteiger partial charge in [-0.2, -0.15) is 0 Å². The second-order valence-electron chi connectivity index (χ2n) is 4.78. The number of halogens is 1. The summed E-state index contributed by atoms with van der Waals surface area (Å²) in [6.45, 7) is 4.07. The molecule has 1 aliphatic heterocycles. The van der Waals surface area contributed by atoms with Gasteiger partial charge in [-0.05, 0) is 50.2 Å². The van der Waals surface area contributed by atoms with Gasteiger partial charge >= 0.3 is 0 Å². The molecule has 0 aromatic heterocycles. The third-order valence-corrected chi connectivity index (χ3v) is 3.40. The minimum absolute atomic E-state index is 0.0420. The Labute approximate surface area is 101 Å². The minimum Gasteiger partial charge on any atom is -0.387 e. The predicted molar refractivity (Wildman–Crippen MR) is 67.9 cm³/mol. The second-order valence-corrected chi connectivity index (χ2v) is 4.78. The van der Waals surface area contributed by atoms with Gasteiger partial charge < -0.3 is 11.1 Å². The molecule has 2 rings (SSSR count). The highest BCUT2D eigenvalue weighted by Gasteiger charge is 2.30. The second kappa shape index (κ2) is 4.84. The fourth-order valence-corrected chi connectivity index (χ4v) is 2.02. The first kappa shape index (κ1) is 12.0. The molecule has 1 aromatic rings. The van der Waals surface area contributed by atoms with Crippen LogP contribution in [0, 0.1) is 11.2 Å². The zero-order chi connectivity index (χ0) is 12.3. The molecule has 0 radical (unpaired) electrons. The number of nitrogens with one attached hydrogen (secondary N) is 1. The Hall–Kier alpha value is -1.42. The summed E-state index contributed by atoms with van der Waals surface area (Å²) in [6, 6.07) is 6.09. The number of aliphatic imine (C=N–C) groups is 1. The summed E-state index contributed by atoms with van der Waals surface area (Å²) in [7, 11) is 0. The first-order chi connectivity index (χ1) is 8.10. The molecule has 17 heavy (non-hydrogen) atoms. The van der Waals surface area contributed by atoms with Crippen molar-refractivity contribution in [2.45, 2.75) is 19.8 Å². The Bertz CT molecular complexity index is 405. The SMILES string of the molecule is CC1(C(N)=Nc2ccc(F)cc2)CCNCC1. The Balaban J connectivity index is 2.17. The molecule has 1 aromatic carbocycles. The van der Waals surface area contributed by atoms with Crippen LogP contribution in [-0.2, 0) is 0 Å². The summed E-state index contributed by atoms with van der Waals surface area (Å²) in [5.41, 5.74) is 6.75. The normalized spacial score (nSPS) is 20.2. The average Bonchev–Trinajstić information content (AvgIpc) is 2.33. The van der Waals surface area contributed by atoms with Crippen LogP contribution in [0.4, 0.5) is 10.1 Å². The Morgan fingerprint density at radius 1 is 1.29 bits per heavy atom. The standard InChI is InChI=1S/C13H18FN3/c1-13(6-8-16-9-7-13)12(15)17-11-4-2-10(14)3-5-11/h2-5,16H,6-9H2,1H3,(H2,15,17). The zero-order valence-electron chi connectivity index (χ0n) is 10.0. The first-order valence-corrected chi connectivity index (χ1v) is 5.91. The molecule has 1 saturated heterocycles. The van der Waals surface area contributed by atoms with Crippen molar-refractivity contribution in [1.29, 1.82) is 0 Å². The van der Waals surface area contributed by atoms with E-state index in [2.05, 4.69) is 17.2 Å². The molecule has 0 spiro atoms. The molecular formula is C13H18FN3. The summed E-state index contributed by atoms with van der Waals surface area (Å²) in [6.07, 6.45) is 1.98. The van der Waals surface area contributed by atoms with Gasteiger partial charge in [0.2, 0.25) is 0 Å². The average molecular weight is 235 g/mol.